The fraction of sp³-hybridized carbons (Fsp3) is 0.200. The van der Waals surface area contributed by atoms with E-state index in [0.717, 1.165) is 17.5 Å². The van der Waals surface area contributed by atoms with Crippen LogP contribution in [0.2, 0.25) is 0 Å². The normalized spacial score (nSPS) is 10.5. The average molecular weight is 251 g/mol. The van der Waals surface area contributed by atoms with Crippen LogP contribution in [0.25, 0.3) is 0 Å². The number of carboxylic acid groups (broad SMARTS) is 1. The number of nitrogens with zero attached hydrogens (tertiary/aromatic N) is 3. The predicted molar refractivity (Wildman–Crippen MR) is 59.1 cm³/mol. The maximum atomic E-state index is 10.8. The molecule has 0 atom stereocenters. The highest BCUT2D eigenvalue weighted by atomic mass is 32.2. The first-order valence-corrected chi connectivity index (χ1v) is 5.55. The Hall–Kier alpha value is -1.89. The molecule has 0 aliphatic rings. The molecule has 0 aromatic carbocycles. The van der Waals surface area contributed by atoms with E-state index in [-0.39, 0.29) is 5.56 Å². The van der Waals surface area contributed by atoms with Gasteiger partial charge in [0, 0.05) is 18.0 Å². The van der Waals surface area contributed by atoms with Crippen molar-refractivity contribution in [3.05, 3.63) is 29.4 Å². The second kappa shape index (κ2) is 4.54. The molecule has 2 heterocycles. The standard InChI is InChI=1S/C10H9N3O3S/c1-5-4-16-10(12-5)17-9-11-3-7(8(14)15)6(2)13-9/h3-4H,1-2H3,(H,14,15). The summed E-state index contributed by atoms with van der Waals surface area (Å²) in [6.45, 7) is 3.43. The topological polar surface area (TPSA) is 89.1 Å². The van der Waals surface area contributed by atoms with Crippen LogP contribution in [-0.2, 0) is 0 Å². The minimum Gasteiger partial charge on any atom is -0.478 e. The van der Waals surface area contributed by atoms with Gasteiger partial charge >= 0.3 is 5.97 Å². The molecular formula is C10H9N3O3S. The second-order valence-corrected chi connectivity index (χ2v) is 4.23. The molecule has 0 fully saturated rings. The van der Waals surface area contributed by atoms with Crippen molar-refractivity contribution in [1.82, 2.24) is 15.0 Å². The number of hydrogen-bond donors (Lipinski definition) is 1. The molecule has 0 amide bonds. The molecule has 0 aliphatic carbocycles. The zero-order chi connectivity index (χ0) is 12.4. The number of carboxylic acids is 1. The van der Waals surface area contributed by atoms with Gasteiger partial charge in [0.15, 0.2) is 5.16 Å². The smallest absolute Gasteiger partial charge is 0.339 e. The lowest BCUT2D eigenvalue weighted by atomic mass is 10.2. The molecular weight excluding hydrogens is 242 g/mol. The Labute approximate surface area is 101 Å². The molecule has 88 valence electrons. The number of carbonyl (C=O) groups is 1. The van der Waals surface area contributed by atoms with Crippen LogP contribution in [-0.4, -0.2) is 26.0 Å². The van der Waals surface area contributed by atoms with Crippen LogP contribution in [0.15, 0.2) is 27.3 Å². The van der Waals surface area contributed by atoms with Crippen molar-refractivity contribution in [3.63, 3.8) is 0 Å². The van der Waals surface area contributed by atoms with Crippen LogP contribution in [0.3, 0.4) is 0 Å². The summed E-state index contributed by atoms with van der Waals surface area (Å²) in [5, 5.41) is 9.68. The van der Waals surface area contributed by atoms with Gasteiger partial charge in [-0.1, -0.05) is 0 Å². The van der Waals surface area contributed by atoms with Crippen LogP contribution in [0.1, 0.15) is 21.7 Å². The van der Waals surface area contributed by atoms with E-state index in [2.05, 4.69) is 15.0 Å². The highest BCUT2D eigenvalue weighted by Crippen LogP contribution is 2.23. The molecule has 7 heteroatoms. The first-order valence-electron chi connectivity index (χ1n) is 4.73. The van der Waals surface area contributed by atoms with Gasteiger partial charge in [0.1, 0.15) is 6.26 Å². The number of rotatable bonds is 3. The number of aromatic nitrogens is 3. The van der Waals surface area contributed by atoms with E-state index in [1.54, 1.807) is 6.92 Å². The fourth-order valence-corrected chi connectivity index (χ4v) is 1.89. The molecule has 2 aromatic heterocycles. The third-order valence-electron chi connectivity index (χ3n) is 1.96. The van der Waals surface area contributed by atoms with Crippen molar-refractivity contribution in [2.75, 3.05) is 0 Å². The summed E-state index contributed by atoms with van der Waals surface area (Å²) in [7, 11) is 0. The van der Waals surface area contributed by atoms with Gasteiger partial charge in [0.05, 0.1) is 17.0 Å². The van der Waals surface area contributed by atoms with E-state index in [4.69, 9.17) is 9.52 Å². The van der Waals surface area contributed by atoms with Gasteiger partial charge in [-0.25, -0.2) is 19.7 Å². The molecule has 0 saturated heterocycles. The van der Waals surface area contributed by atoms with Crippen LogP contribution in [0.4, 0.5) is 0 Å². The molecule has 2 aromatic rings. The SMILES string of the molecule is Cc1coc(Sc2ncc(C(=O)O)c(C)n2)n1. The van der Waals surface area contributed by atoms with E-state index in [0.29, 0.717) is 16.1 Å². The van der Waals surface area contributed by atoms with Crippen LogP contribution in [0, 0.1) is 13.8 Å². The van der Waals surface area contributed by atoms with Crippen LogP contribution >= 0.6 is 11.8 Å². The maximum Gasteiger partial charge on any atom is 0.339 e. The van der Waals surface area contributed by atoms with Crippen molar-refractivity contribution in [2.45, 2.75) is 24.2 Å². The number of oxazole rings is 1. The summed E-state index contributed by atoms with van der Waals surface area (Å²) in [4.78, 5) is 22.9. The van der Waals surface area contributed by atoms with Gasteiger partial charge in [0.25, 0.3) is 5.22 Å². The molecule has 0 radical (unpaired) electrons. The highest BCUT2D eigenvalue weighted by Gasteiger charge is 2.12. The van der Waals surface area contributed by atoms with E-state index in [1.165, 1.54) is 12.5 Å². The third kappa shape index (κ3) is 2.62. The van der Waals surface area contributed by atoms with Gasteiger partial charge in [-0.15, -0.1) is 0 Å². The summed E-state index contributed by atoms with van der Waals surface area (Å²) in [6.07, 6.45) is 2.81. The van der Waals surface area contributed by atoms with Crippen molar-refractivity contribution in [1.29, 1.82) is 0 Å². The minimum atomic E-state index is -1.04. The lowest BCUT2D eigenvalue weighted by molar-refractivity contribution is 0.0695. The van der Waals surface area contributed by atoms with Gasteiger partial charge < -0.3 is 9.52 Å². The van der Waals surface area contributed by atoms with Crippen LogP contribution < -0.4 is 0 Å². The minimum absolute atomic E-state index is 0.0953. The van der Waals surface area contributed by atoms with E-state index >= 15 is 0 Å². The summed E-state index contributed by atoms with van der Waals surface area (Å²) in [5.74, 6) is -1.04. The Morgan fingerprint density at radius 1 is 1.41 bits per heavy atom. The second-order valence-electron chi connectivity index (χ2n) is 3.31. The van der Waals surface area contributed by atoms with Gasteiger partial charge in [-0.2, -0.15) is 0 Å². The summed E-state index contributed by atoms with van der Waals surface area (Å²) in [6, 6.07) is 0. The molecule has 0 bridgehead atoms. The summed E-state index contributed by atoms with van der Waals surface area (Å²) >= 11 is 1.15. The average Bonchev–Trinajstić information content (AvgIpc) is 2.63. The molecule has 0 aliphatic heterocycles. The van der Waals surface area contributed by atoms with E-state index in [9.17, 15) is 4.79 Å². The number of hydrogen-bond acceptors (Lipinski definition) is 6. The molecule has 0 saturated carbocycles. The largest absolute Gasteiger partial charge is 0.478 e. The Kier molecular flexibility index (Phi) is 3.10. The van der Waals surface area contributed by atoms with Crippen molar-refractivity contribution < 1.29 is 14.3 Å². The molecule has 0 unspecified atom stereocenters. The zero-order valence-corrected chi connectivity index (χ0v) is 9.98. The Morgan fingerprint density at radius 2 is 2.18 bits per heavy atom. The fourth-order valence-electron chi connectivity index (χ4n) is 1.16. The lowest BCUT2D eigenvalue weighted by Gasteiger charge is -2.00. The molecule has 6 nitrogen and oxygen atoms in total. The predicted octanol–water partition coefficient (Wildman–Crippen LogP) is 1.93. The molecule has 0 spiro atoms. The van der Waals surface area contributed by atoms with Crippen LogP contribution in [0.5, 0.6) is 0 Å². The van der Waals surface area contributed by atoms with Gasteiger partial charge in [0.2, 0.25) is 0 Å². The van der Waals surface area contributed by atoms with Crippen molar-refractivity contribution >= 4 is 17.7 Å². The van der Waals surface area contributed by atoms with Gasteiger partial charge in [-0.3, -0.25) is 0 Å². The first kappa shape index (κ1) is 11.6. The summed E-state index contributed by atoms with van der Waals surface area (Å²) in [5.41, 5.74) is 1.28. The maximum absolute atomic E-state index is 10.8. The quantitative estimate of drug-likeness (QED) is 0.833. The Bertz CT molecular complexity index is 568. The Morgan fingerprint density at radius 3 is 2.71 bits per heavy atom. The first-order chi connectivity index (χ1) is 8.06. The van der Waals surface area contributed by atoms with Crippen molar-refractivity contribution in [3.8, 4) is 0 Å². The molecule has 17 heavy (non-hydrogen) atoms. The van der Waals surface area contributed by atoms with E-state index < -0.39 is 5.97 Å². The number of aryl methyl sites for hydroxylation is 2. The van der Waals surface area contributed by atoms with Gasteiger partial charge in [-0.05, 0) is 13.8 Å². The zero-order valence-electron chi connectivity index (χ0n) is 9.17. The number of aromatic carboxylic acids is 1. The van der Waals surface area contributed by atoms with Crippen molar-refractivity contribution in [2.24, 2.45) is 0 Å². The lowest BCUT2D eigenvalue weighted by Crippen LogP contribution is -2.03. The summed E-state index contributed by atoms with van der Waals surface area (Å²) < 4.78 is 5.14. The highest BCUT2D eigenvalue weighted by molar-refractivity contribution is 7.98. The Balaban J connectivity index is 2.23. The molecule has 1 N–H and O–H groups in total. The monoisotopic (exact) mass is 251 g/mol. The van der Waals surface area contributed by atoms with E-state index in [1.807, 2.05) is 6.92 Å². The molecule has 2 rings (SSSR count). The third-order valence-corrected chi connectivity index (χ3v) is 2.71.